The molecule has 0 spiro atoms. The second-order valence-corrected chi connectivity index (χ2v) is 9.36. The van der Waals surface area contributed by atoms with Crippen LogP contribution in [-0.4, -0.2) is 71.4 Å². The molecule has 10 nitrogen and oxygen atoms in total. The number of halogens is 6. The van der Waals surface area contributed by atoms with Gasteiger partial charge >= 0.3 is 18.4 Å². The molecule has 1 saturated heterocycles. The third-order valence-electron chi connectivity index (χ3n) is 5.78. The Bertz CT molecular complexity index is 1260. The molecule has 3 aromatic rings. The number of rotatable bonds is 7. The molecule has 0 saturated carbocycles. The van der Waals surface area contributed by atoms with Crippen molar-refractivity contribution in [2.45, 2.75) is 50.6 Å². The summed E-state index contributed by atoms with van der Waals surface area (Å²) in [5.41, 5.74) is 0.301. The summed E-state index contributed by atoms with van der Waals surface area (Å²) in [5, 5.41) is 12.2. The number of ether oxygens (including phenoxy) is 1. The van der Waals surface area contributed by atoms with Crippen molar-refractivity contribution in [1.29, 1.82) is 0 Å². The van der Waals surface area contributed by atoms with Crippen molar-refractivity contribution in [3.8, 4) is 17.3 Å². The molecule has 0 aromatic carbocycles. The van der Waals surface area contributed by atoms with Crippen molar-refractivity contribution in [1.82, 2.24) is 34.6 Å². The van der Waals surface area contributed by atoms with Crippen LogP contribution in [0.15, 0.2) is 18.7 Å². The molecule has 2 atom stereocenters. The molecule has 0 aliphatic carbocycles. The van der Waals surface area contributed by atoms with E-state index < -0.39 is 54.2 Å². The molecule has 3 aromatic heterocycles. The van der Waals surface area contributed by atoms with E-state index in [0.29, 0.717) is 22.8 Å². The van der Waals surface area contributed by atoms with Gasteiger partial charge in [-0.2, -0.15) is 26.3 Å². The van der Waals surface area contributed by atoms with Crippen LogP contribution in [0.3, 0.4) is 0 Å². The Balaban J connectivity index is 1.55. The van der Waals surface area contributed by atoms with Gasteiger partial charge in [0.1, 0.15) is 12.9 Å². The van der Waals surface area contributed by atoms with E-state index in [-0.39, 0.29) is 36.7 Å². The van der Waals surface area contributed by atoms with Crippen LogP contribution in [0.5, 0.6) is 6.01 Å². The number of aromatic nitrogens is 6. The molecule has 1 fully saturated rings. The van der Waals surface area contributed by atoms with Crippen LogP contribution in [0.1, 0.15) is 41.4 Å². The zero-order valence-electron chi connectivity index (χ0n) is 19.7. The third kappa shape index (κ3) is 6.03. The van der Waals surface area contributed by atoms with Crippen molar-refractivity contribution < 1.29 is 41.0 Å². The minimum atomic E-state index is -4.77. The number of likely N-dealkylation sites (tertiary alicyclic amines) is 1. The maximum atomic E-state index is 13.5. The zero-order chi connectivity index (χ0) is 27.7. The van der Waals surface area contributed by atoms with Crippen molar-refractivity contribution in [3.05, 3.63) is 34.4 Å². The molecule has 0 radical (unpaired) electrons. The van der Waals surface area contributed by atoms with E-state index >= 15 is 0 Å². The number of carbonyl (C=O) groups excluding carboxylic acids is 1. The standard InChI is InChI=1S/C21H21F6N7O3S/c1-2-37-19-28-6-12(7-29-19)15-16(38-18(31-15)21(25,26)27)11-3-4-34(13(5-11)9-35)14(36)8-33-10-30-17(32-33)20(22,23)24/h6-7,10-11,13,35H,2-5,8-9H2,1H3/t11?,13-/m0/s1. The van der Waals surface area contributed by atoms with Gasteiger partial charge in [-0.25, -0.2) is 24.6 Å². The number of aliphatic hydroxyl groups excluding tert-OH is 1. The SMILES string of the molecule is CCOc1ncc(-c2nc(C(F)(F)F)sc2C2CCN(C(=O)Cn3cnc(C(F)(F)F)n3)[C@H](CO)C2)cn1. The minimum Gasteiger partial charge on any atom is -0.464 e. The average Bonchev–Trinajstić information content (AvgIpc) is 3.52. The van der Waals surface area contributed by atoms with Gasteiger partial charge in [-0.3, -0.25) is 4.79 Å². The number of aliphatic hydroxyl groups is 1. The second kappa shape index (κ2) is 10.8. The van der Waals surface area contributed by atoms with Crippen LogP contribution in [0.2, 0.25) is 0 Å². The van der Waals surface area contributed by atoms with E-state index in [1.807, 2.05) is 0 Å². The first kappa shape index (κ1) is 27.7. The van der Waals surface area contributed by atoms with Gasteiger partial charge in [0.2, 0.25) is 5.91 Å². The lowest BCUT2D eigenvalue weighted by Crippen LogP contribution is -2.48. The number of hydrogen-bond acceptors (Lipinski definition) is 9. The Morgan fingerprint density at radius 2 is 1.87 bits per heavy atom. The highest BCUT2D eigenvalue weighted by Crippen LogP contribution is 2.44. The maximum absolute atomic E-state index is 13.5. The Morgan fingerprint density at radius 3 is 2.45 bits per heavy atom. The summed E-state index contributed by atoms with van der Waals surface area (Å²) in [4.78, 5) is 29.3. The van der Waals surface area contributed by atoms with Gasteiger partial charge in [-0.15, -0.1) is 16.4 Å². The first-order valence-electron chi connectivity index (χ1n) is 11.3. The Hall–Kier alpha value is -3.34. The highest BCUT2D eigenvalue weighted by molar-refractivity contribution is 7.12. The summed E-state index contributed by atoms with van der Waals surface area (Å²) >= 11 is 0.475. The molecule has 1 aliphatic heterocycles. The number of amides is 1. The highest BCUT2D eigenvalue weighted by atomic mass is 32.1. The fourth-order valence-electron chi connectivity index (χ4n) is 4.10. The summed E-state index contributed by atoms with van der Waals surface area (Å²) in [6.45, 7) is 1.04. The topological polar surface area (TPSA) is 119 Å². The van der Waals surface area contributed by atoms with Crippen LogP contribution in [0.25, 0.3) is 11.3 Å². The van der Waals surface area contributed by atoms with Gasteiger partial charge in [-0.05, 0) is 25.7 Å². The van der Waals surface area contributed by atoms with Gasteiger partial charge in [0.25, 0.3) is 5.82 Å². The predicted octanol–water partition coefficient (Wildman–Crippen LogP) is 3.40. The van der Waals surface area contributed by atoms with Gasteiger partial charge in [0.15, 0.2) is 5.01 Å². The first-order valence-corrected chi connectivity index (χ1v) is 12.1. The number of thiazole rings is 1. The van der Waals surface area contributed by atoms with Crippen LogP contribution in [0, 0.1) is 0 Å². The monoisotopic (exact) mass is 565 g/mol. The fraction of sp³-hybridized carbons (Fsp3) is 0.524. The Kier molecular flexibility index (Phi) is 7.87. The largest absolute Gasteiger partial charge is 0.464 e. The molecule has 1 amide bonds. The molecule has 1 N–H and O–H groups in total. The molecule has 4 heterocycles. The lowest BCUT2D eigenvalue weighted by atomic mass is 9.88. The summed E-state index contributed by atoms with van der Waals surface area (Å²) in [6, 6.07) is -0.723. The fourth-order valence-corrected chi connectivity index (χ4v) is 5.20. The molecule has 1 aliphatic rings. The lowest BCUT2D eigenvalue weighted by Gasteiger charge is -2.38. The molecular weight excluding hydrogens is 544 g/mol. The summed E-state index contributed by atoms with van der Waals surface area (Å²) < 4.78 is 84.8. The average molecular weight is 566 g/mol. The Morgan fingerprint density at radius 1 is 1.16 bits per heavy atom. The van der Waals surface area contributed by atoms with Gasteiger partial charge in [-0.1, -0.05) is 0 Å². The summed E-state index contributed by atoms with van der Waals surface area (Å²) in [5.74, 6) is -2.49. The van der Waals surface area contributed by atoms with Crippen molar-refractivity contribution in [3.63, 3.8) is 0 Å². The van der Waals surface area contributed by atoms with Crippen molar-refractivity contribution in [2.24, 2.45) is 0 Å². The van der Waals surface area contributed by atoms with E-state index in [0.717, 1.165) is 11.0 Å². The van der Waals surface area contributed by atoms with Crippen LogP contribution < -0.4 is 4.74 Å². The summed E-state index contributed by atoms with van der Waals surface area (Å²) in [6.07, 6.45) is -5.71. The number of alkyl halides is 6. The lowest BCUT2D eigenvalue weighted by molar-refractivity contribution is -0.145. The van der Waals surface area contributed by atoms with Gasteiger partial charge in [0.05, 0.1) is 24.9 Å². The maximum Gasteiger partial charge on any atom is 0.453 e. The molecular formula is C21H21F6N7O3S. The van der Waals surface area contributed by atoms with Crippen molar-refractivity contribution >= 4 is 17.2 Å². The minimum absolute atomic E-state index is 0.0496. The predicted molar refractivity (Wildman–Crippen MR) is 119 cm³/mol. The van der Waals surface area contributed by atoms with Crippen LogP contribution in [0.4, 0.5) is 26.3 Å². The van der Waals surface area contributed by atoms with E-state index in [9.17, 15) is 36.2 Å². The normalized spacial score (nSPS) is 18.6. The Labute approximate surface area is 215 Å². The van der Waals surface area contributed by atoms with Crippen LogP contribution >= 0.6 is 11.3 Å². The smallest absolute Gasteiger partial charge is 0.453 e. The number of carbonyl (C=O) groups is 1. The quantitative estimate of drug-likeness (QED) is 0.433. The van der Waals surface area contributed by atoms with Crippen molar-refractivity contribution in [2.75, 3.05) is 19.8 Å². The molecule has 206 valence electrons. The molecule has 4 rings (SSSR count). The van der Waals surface area contributed by atoms with E-state index in [1.165, 1.54) is 17.3 Å². The molecule has 0 bridgehead atoms. The molecule has 17 heteroatoms. The third-order valence-corrected chi connectivity index (χ3v) is 7.04. The molecule has 1 unspecified atom stereocenters. The number of piperidine rings is 1. The second-order valence-electron chi connectivity index (χ2n) is 8.33. The van der Waals surface area contributed by atoms with Gasteiger partial charge < -0.3 is 14.7 Å². The summed E-state index contributed by atoms with van der Waals surface area (Å²) in [7, 11) is 0. The zero-order valence-corrected chi connectivity index (χ0v) is 20.5. The van der Waals surface area contributed by atoms with Crippen LogP contribution in [-0.2, 0) is 23.7 Å². The van der Waals surface area contributed by atoms with E-state index in [2.05, 4.69) is 25.0 Å². The van der Waals surface area contributed by atoms with E-state index in [4.69, 9.17) is 4.74 Å². The number of nitrogens with zero attached hydrogens (tertiary/aromatic N) is 7. The van der Waals surface area contributed by atoms with Gasteiger partial charge in [0, 0.05) is 29.4 Å². The first-order chi connectivity index (χ1) is 17.9. The highest BCUT2D eigenvalue weighted by Gasteiger charge is 2.40. The number of hydrogen-bond donors (Lipinski definition) is 1. The molecule has 38 heavy (non-hydrogen) atoms. The van der Waals surface area contributed by atoms with E-state index in [1.54, 1.807) is 6.92 Å².